The second-order valence-corrected chi connectivity index (χ2v) is 7.28. The van der Waals surface area contributed by atoms with Gasteiger partial charge in [-0.1, -0.05) is 11.6 Å². The number of aromatic nitrogens is 3. The molecule has 5 N–H and O–H groups in total. The Hall–Kier alpha value is -2.31. The molecule has 7 heteroatoms. The van der Waals surface area contributed by atoms with Crippen LogP contribution in [0.3, 0.4) is 0 Å². The molecule has 1 aliphatic rings. The van der Waals surface area contributed by atoms with E-state index in [2.05, 4.69) is 19.9 Å². The highest BCUT2D eigenvalue weighted by Crippen LogP contribution is 2.36. The summed E-state index contributed by atoms with van der Waals surface area (Å²) >= 11 is 6.34. The molecular weight excluding hydrogens is 336 g/mol. The third-order valence-electron chi connectivity index (χ3n) is 5.05. The highest BCUT2D eigenvalue weighted by atomic mass is 35.5. The third kappa shape index (κ3) is 2.81. The SMILES string of the molecule is Cc1nccc(C[C@]2(N)CCN(c3ccnc4[nH]cc(Cl)c34)C2)c1N. The van der Waals surface area contributed by atoms with Gasteiger partial charge >= 0.3 is 0 Å². The van der Waals surface area contributed by atoms with Crippen molar-refractivity contribution < 1.29 is 0 Å². The summed E-state index contributed by atoms with van der Waals surface area (Å²) in [5, 5.41) is 1.63. The highest BCUT2D eigenvalue weighted by molar-refractivity contribution is 6.36. The van der Waals surface area contributed by atoms with Crippen LogP contribution in [0.25, 0.3) is 11.0 Å². The maximum absolute atomic E-state index is 6.72. The van der Waals surface area contributed by atoms with E-state index in [-0.39, 0.29) is 5.54 Å². The van der Waals surface area contributed by atoms with Gasteiger partial charge in [-0.15, -0.1) is 0 Å². The first kappa shape index (κ1) is 16.2. The first-order valence-corrected chi connectivity index (χ1v) is 8.70. The number of aryl methyl sites for hydroxylation is 1. The monoisotopic (exact) mass is 356 g/mol. The van der Waals surface area contributed by atoms with Gasteiger partial charge in [0, 0.05) is 37.2 Å². The number of nitrogens with two attached hydrogens (primary N) is 2. The summed E-state index contributed by atoms with van der Waals surface area (Å²) in [4.78, 5) is 14.0. The van der Waals surface area contributed by atoms with Crippen molar-refractivity contribution in [3.8, 4) is 0 Å². The molecule has 0 amide bonds. The predicted molar refractivity (Wildman–Crippen MR) is 102 cm³/mol. The molecule has 3 aromatic rings. The Morgan fingerprint density at radius 1 is 1.32 bits per heavy atom. The molecule has 6 nitrogen and oxygen atoms in total. The number of halogens is 1. The van der Waals surface area contributed by atoms with E-state index in [0.29, 0.717) is 5.02 Å². The summed E-state index contributed by atoms with van der Waals surface area (Å²) in [7, 11) is 0. The van der Waals surface area contributed by atoms with E-state index in [1.165, 1.54) is 0 Å². The van der Waals surface area contributed by atoms with Crippen molar-refractivity contribution in [1.82, 2.24) is 15.0 Å². The topological polar surface area (TPSA) is 96.8 Å². The number of nitrogen functional groups attached to an aromatic ring is 1. The summed E-state index contributed by atoms with van der Waals surface area (Å²) in [5.41, 5.74) is 17.1. The van der Waals surface area contributed by atoms with Gasteiger partial charge in [-0.25, -0.2) is 4.98 Å². The highest BCUT2D eigenvalue weighted by Gasteiger charge is 2.36. The number of nitrogens with one attached hydrogen (secondary N) is 1. The summed E-state index contributed by atoms with van der Waals surface area (Å²) in [6.45, 7) is 3.54. The lowest BCUT2D eigenvalue weighted by atomic mass is 9.90. The van der Waals surface area contributed by atoms with Gasteiger partial charge < -0.3 is 21.4 Å². The number of nitrogens with zero attached hydrogens (tertiary/aromatic N) is 3. The summed E-state index contributed by atoms with van der Waals surface area (Å²) in [5.74, 6) is 0. The van der Waals surface area contributed by atoms with Gasteiger partial charge in [0.25, 0.3) is 0 Å². The zero-order valence-electron chi connectivity index (χ0n) is 14.1. The molecule has 1 atom stereocenters. The van der Waals surface area contributed by atoms with Gasteiger partial charge in [-0.2, -0.15) is 0 Å². The van der Waals surface area contributed by atoms with Gasteiger partial charge in [0.1, 0.15) is 5.65 Å². The fraction of sp³-hybridized carbons (Fsp3) is 0.333. The minimum atomic E-state index is -0.333. The first-order valence-electron chi connectivity index (χ1n) is 8.32. The third-order valence-corrected chi connectivity index (χ3v) is 5.35. The molecule has 1 fully saturated rings. The Balaban J connectivity index is 1.62. The number of hydrogen-bond acceptors (Lipinski definition) is 5. The van der Waals surface area contributed by atoms with Crippen LogP contribution in [-0.4, -0.2) is 33.6 Å². The number of pyridine rings is 2. The van der Waals surface area contributed by atoms with Gasteiger partial charge in [0.2, 0.25) is 0 Å². The zero-order valence-corrected chi connectivity index (χ0v) is 14.8. The van der Waals surface area contributed by atoms with E-state index in [1.807, 2.05) is 19.1 Å². The number of fused-ring (bicyclic) bond motifs is 1. The lowest BCUT2D eigenvalue weighted by Gasteiger charge is -2.26. The van der Waals surface area contributed by atoms with Crippen molar-refractivity contribution in [3.05, 3.63) is 47.0 Å². The minimum absolute atomic E-state index is 0.333. The van der Waals surface area contributed by atoms with Gasteiger partial charge in [0.05, 0.1) is 27.5 Å². The largest absolute Gasteiger partial charge is 0.397 e. The average Bonchev–Trinajstić information content (AvgIpc) is 3.16. The molecule has 1 saturated heterocycles. The fourth-order valence-electron chi connectivity index (χ4n) is 3.67. The molecule has 0 radical (unpaired) electrons. The van der Waals surface area contributed by atoms with Crippen LogP contribution >= 0.6 is 11.6 Å². The molecule has 130 valence electrons. The minimum Gasteiger partial charge on any atom is -0.397 e. The van der Waals surface area contributed by atoms with Crippen LogP contribution in [-0.2, 0) is 6.42 Å². The number of rotatable bonds is 3. The molecule has 4 rings (SSSR count). The lowest BCUT2D eigenvalue weighted by molar-refractivity contribution is 0.470. The fourth-order valence-corrected chi connectivity index (χ4v) is 3.91. The number of hydrogen-bond donors (Lipinski definition) is 3. The van der Waals surface area contributed by atoms with E-state index < -0.39 is 0 Å². The molecule has 1 aliphatic heterocycles. The quantitative estimate of drug-likeness (QED) is 0.670. The van der Waals surface area contributed by atoms with Crippen LogP contribution in [0.2, 0.25) is 5.02 Å². The standard InChI is InChI=1S/C18H21ClN6/c1-11-16(20)12(2-5-22-11)8-18(21)4-7-25(10-18)14-3-6-23-17-15(14)13(19)9-24-17/h2-3,5-6,9H,4,7-8,10,20-21H2,1H3,(H,23,24)/t18-/m1/s1. The Bertz CT molecular complexity index is 936. The lowest BCUT2D eigenvalue weighted by Crippen LogP contribution is -2.45. The van der Waals surface area contributed by atoms with Gasteiger partial charge in [-0.3, -0.25) is 4.98 Å². The summed E-state index contributed by atoms with van der Waals surface area (Å²) in [6.07, 6.45) is 6.98. The van der Waals surface area contributed by atoms with Crippen LogP contribution in [0.1, 0.15) is 17.7 Å². The molecule has 0 saturated carbocycles. The van der Waals surface area contributed by atoms with Crippen LogP contribution in [0, 0.1) is 6.92 Å². The molecule has 3 aromatic heterocycles. The Morgan fingerprint density at radius 3 is 2.96 bits per heavy atom. The molecule has 25 heavy (non-hydrogen) atoms. The van der Waals surface area contributed by atoms with E-state index in [9.17, 15) is 0 Å². The second-order valence-electron chi connectivity index (χ2n) is 6.87. The van der Waals surface area contributed by atoms with Crippen LogP contribution in [0.4, 0.5) is 11.4 Å². The van der Waals surface area contributed by atoms with Crippen molar-refractivity contribution >= 4 is 34.0 Å². The van der Waals surface area contributed by atoms with Crippen LogP contribution in [0.15, 0.2) is 30.7 Å². The smallest absolute Gasteiger partial charge is 0.140 e. The predicted octanol–water partition coefficient (Wildman–Crippen LogP) is 2.65. The molecule has 0 unspecified atom stereocenters. The summed E-state index contributed by atoms with van der Waals surface area (Å²) < 4.78 is 0. The molecule has 4 heterocycles. The Kier molecular flexibility index (Phi) is 3.81. The van der Waals surface area contributed by atoms with Crippen molar-refractivity contribution in [2.45, 2.75) is 25.3 Å². The van der Waals surface area contributed by atoms with E-state index in [0.717, 1.165) is 59.6 Å². The maximum atomic E-state index is 6.72. The van der Waals surface area contributed by atoms with Crippen molar-refractivity contribution in [3.63, 3.8) is 0 Å². The Morgan fingerprint density at radius 2 is 2.12 bits per heavy atom. The van der Waals surface area contributed by atoms with E-state index >= 15 is 0 Å². The van der Waals surface area contributed by atoms with Crippen LogP contribution in [0.5, 0.6) is 0 Å². The van der Waals surface area contributed by atoms with Crippen LogP contribution < -0.4 is 16.4 Å². The normalized spacial score (nSPS) is 20.5. The Labute approximate surface area is 151 Å². The number of anilines is 2. The van der Waals surface area contributed by atoms with Gasteiger partial charge in [0.15, 0.2) is 0 Å². The van der Waals surface area contributed by atoms with Crippen molar-refractivity contribution in [2.75, 3.05) is 23.7 Å². The average molecular weight is 357 g/mol. The molecule has 0 bridgehead atoms. The zero-order chi connectivity index (χ0) is 17.6. The molecule has 0 aromatic carbocycles. The van der Waals surface area contributed by atoms with Crippen molar-refractivity contribution in [2.24, 2.45) is 5.73 Å². The van der Waals surface area contributed by atoms with E-state index in [4.69, 9.17) is 23.1 Å². The van der Waals surface area contributed by atoms with Crippen molar-refractivity contribution in [1.29, 1.82) is 0 Å². The number of H-pyrrole nitrogens is 1. The molecular formula is C18H21ClN6. The molecule has 0 aliphatic carbocycles. The van der Waals surface area contributed by atoms with Gasteiger partial charge in [-0.05, 0) is 37.5 Å². The molecule has 0 spiro atoms. The van der Waals surface area contributed by atoms with E-state index in [1.54, 1.807) is 18.6 Å². The maximum Gasteiger partial charge on any atom is 0.140 e. The number of aromatic amines is 1. The first-order chi connectivity index (χ1) is 12.0. The second kappa shape index (κ2) is 5.89. The summed E-state index contributed by atoms with van der Waals surface area (Å²) in [6, 6.07) is 3.96.